The molecule has 6 nitrogen and oxygen atoms in total. The van der Waals surface area contributed by atoms with Crippen molar-refractivity contribution >= 4 is 39.3 Å². The van der Waals surface area contributed by atoms with E-state index in [9.17, 15) is 9.59 Å². The largest absolute Gasteiger partial charge is 0.465 e. The Bertz CT molecular complexity index is 843. The van der Waals surface area contributed by atoms with Gasteiger partial charge in [-0.05, 0) is 54.0 Å². The number of carbonyl (C=O) groups excluding carboxylic acids is 2. The van der Waals surface area contributed by atoms with Crippen molar-refractivity contribution in [2.45, 2.75) is 0 Å². The second kappa shape index (κ2) is 5.90. The Labute approximate surface area is 129 Å². The van der Waals surface area contributed by atoms with Crippen molar-refractivity contribution < 1.29 is 14.3 Å². The van der Waals surface area contributed by atoms with Gasteiger partial charge < -0.3 is 10.1 Å². The number of nitrogens with one attached hydrogen (secondary N) is 1. The summed E-state index contributed by atoms with van der Waals surface area (Å²) in [7, 11) is 1.32. The first-order chi connectivity index (χ1) is 10.7. The van der Waals surface area contributed by atoms with Gasteiger partial charge in [-0.1, -0.05) is 4.49 Å². The normalized spacial score (nSPS) is 10.4. The Hall–Kier alpha value is -2.80. The van der Waals surface area contributed by atoms with Crippen LogP contribution in [0.15, 0.2) is 42.5 Å². The van der Waals surface area contributed by atoms with Gasteiger partial charge in [-0.3, -0.25) is 4.79 Å². The molecule has 0 aliphatic rings. The van der Waals surface area contributed by atoms with Crippen LogP contribution in [0.25, 0.3) is 10.2 Å². The fourth-order valence-electron chi connectivity index (χ4n) is 1.93. The highest BCUT2D eigenvalue weighted by atomic mass is 32.1. The maximum Gasteiger partial charge on any atom is 0.337 e. The predicted octanol–water partition coefficient (Wildman–Crippen LogP) is 2.73. The molecule has 0 fully saturated rings. The fourth-order valence-corrected chi connectivity index (χ4v) is 2.47. The van der Waals surface area contributed by atoms with Gasteiger partial charge in [0.05, 0.1) is 17.4 Å². The highest BCUT2D eigenvalue weighted by Crippen LogP contribution is 2.18. The van der Waals surface area contributed by atoms with Gasteiger partial charge in [0.1, 0.15) is 5.52 Å². The number of nitrogens with zero attached hydrogens (tertiary/aromatic N) is 2. The summed E-state index contributed by atoms with van der Waals surface area (Å²) in [5.74, 6) is -0.667. The smallest absolute Gasteiger partial charge is 0.337 e. The lowest BCUT2D eigenvalue weighted by atomic mass is 10.1. The SMILES string of the molecule is COC(=O)c1ccc(NC(=O)c2ccc3snnc3c2)cc1. The molecule has 7 heteroatoms. The molecule has 1 amide bonds. The van der Waals surface area contributed by atoms with E-state index in [1.54, 1.807) is 36.4 Å². The summed E-state index contributed by atoms with van der Waals surface area (Å²) in [5.41, 5.74) is 2.21. The molecule has 3 aromatic rings. The van der Waals surface area contributed by atoms with Crippen LogP contribution in [0.1, 0.15) is 20.7 Å². The third-order valence-electron chi connectivity index (χ3n) is 3.07. The molecular weight excluding hydrogens is 302 g/mol. The van der Waals surface area contributed by atoms with E-state index in [1.807, 2.05) is 6.07 Å². The zero-order valence-electron chi connectivity index (χ0n) is 11.6. The van der Waals surface area contributed by atoms with Crippen LogP contribution in [0.2, 0.25) is 0 Å². The molecular formula is C15H11N3O3S. The van der Waals surface area contributed by atoms with Crippen LogP contribution in [0.5, 0.6) is 0 Å². The number of aromatic nitrogens is 2. The van der Waals surface area contributed by atoms with Crippen molar-refractivity contribution in [3.05, 3.63) is 53.6 Å². The van der Waals surface area contributed by atoms with Crippen LogP contribution in [-0.4, -0.2) is 28.6 Å². The Morgan fingerprint density at radius 3 is 2.55 bits per heavy atom. The summed E-state index contributed by atoms with van der Waals surface area (Å²) in [6.45, 7) is 0. The first-order valence-corrected chi connectivity index (χ1v) is 7.16. The van der Waals surface area contributed by atoms with Crippen molar-refractivity contribution in [1.82, 2.24) is 9.59 Å². The van der Waals surface area contributed by atoms with Crippen LogP contribution in [0.4, 0.5) is 5.69 Å². The summed E-state index contributed by atoms with van der Waals surface area (Å²) in [6, 6.07) is 11.7. The third-order valence-corrected chi connectivity index (χ3v) is 3.78. The molecule has 1 heterocycles. The molecule has 0 bridgehead atoms. The van der Waals surface area contributed by atoms with E-state index in [0.29, 0.717) is 22.3 Å². The van der Waals surface area contributed by atoms with Crippen LogP contribution in [0, 0.1) is 0 Å². The number of amides is 1. The van der Waals surface area contributed by atoms with Gasteiger partial charge in [-0.25, -0.2) is 4.79 Å². The number of hydrogen-bond donors (Lipinski definition) is 1. The lowest BCUT2D eigenvalue weighted by Crippen LogP contribution is -2.12. The number of fused-ring (bicyclic) bond motifs is 1. The summed E-state index contributed by atoms with van der Waals surface area (Å²) in [5, 5.41) is 6.71. The molecule has 22 heavy (non-hydrogen) atoms. The zero-order chi connectivity index (χ0) is 15.5. The van der Waals surface area contributed by atoms with Gasteiger partial charge in [-0.15, -0.1) is 5.10 Å². The molecule has 1 N–H and O–H groups in total. The Morgan fingerprint density at radius 1 is 1.09 bits per heavy atom. The number of methoxy groups -OCH3 is 1. The number of esters is 1. The average Bonchev–Trinajstić information content (AvgIpc) is 3.02. The minimum atomic E-state index is -0.417. The number of carbonyl (C=O) groups is 2. The second-order valence-corrected chi connectivity index (χ2v) is 5.26. The molecule has 0 aliphatic carbocycles. The van der Waals surface area contributed by atoms with Crippen molar-refractivity contribution in [3.63, 3.8) is 0 Å². The molecule has 0 spiro atoms. The minimum Gasteiger partial charge on any atom is -0.465 e. The van der Waals surface area contributed by atoms with Gasteiger partial charge in [0.25, 0.3) is 5.91 Å². The summed E-state index contributed by atoms with van der Waals surface area (Å²) in [4.78, 5) is 23.6. The number of hydrogen-bond acceptors (Lipinski definition) is 6. The van der Waals surface area contributed by atoms with Crippen LogP contribution in [-0.2, 0) is 4.74 Å². The van der Waals surface area contributed by atoms with Crippen molar-refractivity contribution in [2.24, 2.45) is 0 Å². The maximum atomic E-state index is 12.2. The van der Waals surface area contributed by atoms with Crippen molar-refractivity contribution in [3.8, 4) is 0 Å². The summed E-state index contributed by atoms with van der Waals surface area (Å²) in [6.07, 6.45) is 0. The first-order valence-electron chi connectivity index (χ1n) is 6.39. The van der Waals surface area contributed by atoms with Crippen LogP contribution in [0.3, 0.4) is 0 Å². The Balaban J connectivity index is 1.77. The highest BCUT2D eigenvalue weighted by Gasteiger charge is 2.10. The predicted molar refractivity (Wildman–Crippen MR) is 83.1 cm³/mol. The first kappa shape index (κ1) is 14.2. The van der Waals surface area contributed by atoms with E-state index < -0.39 is 5.97 Å². The van der Waals surface area contributed by atoms with Gasteiger partial charge in [-0.2, -0.15) is 0 Å². The van der Waals surface area contributed by atoms with E-state index in [2.05, 4.69) is 19.6 Å². The molecule has 3 rings (SSSR count). The zero-order valence-corrected chi connectivity index (χ0v) is 12.4. The standard InChI is InChI=1S/C15H11N3O3S/c1-21-15(20)9-2-5-11(6-3-9)16-14(19)10-4-7-13-12(8-10)17-18-22-13/h2-8H,1H3,(H,16,19). The van der Waals surface area contributed by atoms with Crippen LogP contribution < -0.4 is 5.32 Å². The Morgan fingerprint density at radius 2 is 1.82 bits per heavy atom. The van der Waals surface area contributed by atoms with Gasteiger partial charge in [0.15, 0.2) is 0 Å². The van der Waals surface area contributed by atoms with E-state index >= 15 is 0 Å². The third kappa shape index (κ3) is 2.79. The minimum absolute atomic E-state index is 0.249. The lowest BCUT2D eigenvalue weighted by molar-refractivity contribution is 0.0600. The quantitative estimate of drug-likeness (QED) is 0.752. The van der Waals surface area contributed by atoms with E-state index in [4.69, 9.17) is 0 Å². The molecule has 0 unspecified atom stereocenters. The average molecular weight is 313 g/mol. The maximum absolute atomic E-state index is 12.2. The van der Waals surface area contributed by atoms with Crippen LogP contribution >= 0.6 is 11.5 Å². The van der Waals surface area contributed by atoms with E-state index in [1.165, 1.54) is 18.6 Å². The molecule has 0 saturated heterocycles. The molecule has 2 aromatic carbocycles. The van der Waals surface area contributed by atoms with Crippen molar-refractivity contribution in [2.75, 3.05) is 12.4 Å². The summed E-state index contributed by atoms with van der Waals surface area (Å²) < 4.78 is 9.39. The number of benzene rings is 2. The number of anilines is 1. The van der Waals surface area contributed by atoms with Crippen molar-refractivity contribution in [1.29, 1.82) is 0 Å². The topological polar surface area (TPSA) is 81.2 Å². The Kier molecular flexibility index (Phi) is 3.80. The molecule has 0 atom stereocenters. The fraction of sp³-hybridized carbons (Fsp3) is 0.0667. The molecule has 0 aliphatic heterocycles. The lowest BCUT2D eigenvalue weighted by Gasteiger charge is -2.06. The molecule has 0 radical (unpaired) electrons. The number of ether oxygens (including phenoxy) is 1. The monoisotopic (exact) mass is 313 g/mol. The second-order valence-electron chi connectivity index (χ2n) is 4.48. The summed E-state index contributed by atoms with van der Waals surface area (Å²) >= 11 is 1.28. The molecule has 0 saturated carbocycles. The highest BCUT2D eigenvalue weighted by molar-refractivity contribution is 7.12. The number of rotatable bonds is 3. The van der Waals surface area contributed by atoms with E-state index in [0.717, 1.165) is 4.70 Å². The molecule has 110 valence electrons. The van der Waals surface area contributed by atoms with Gasteiger partial charge >= 0.3 is 5.97 Å². The van der Waals surface area contributed by atoms with Gasteiger partial charge in [0, 0.05) is 11.3 Å². The van der Waals surface area contributed by atoms with Gasteiger partial charge in [0.2, 0.25) is 0 Å². The van der Waals surface area contributed by atoms with E-state index in [-0.39, 0.29) is 5.91 Å². The molecule has 1 aromatic heterocycles.